The van der Waals surface area contributed by atoms with Crippen LogP contribution in [0.3, 0.4) is 0 Å². The summed E-state index contributed by atoms with van der Waals surface area (Å²) in [6.45, 7) is 2.80. The molecule has 1 rings (SSSR count). The number of anilines is 1. The zero-order chi connectivity index (χ0) is 13.0. The van der Waals surface area contributed by atoms with Gasteiger partial charge in [0.15, 0.2) is 5.15 Å². The Morgan fingerprint density at radius 3 is 2.53 bits per heavy atom. The first-order valence-electron chi connectivity index (χ1n) is 4.76. The van der Waals surface area contributed by atoms with Crippen LogP contribution in [-0.2, 0) is 9.59 Å². The van der Waals surface area contributed by atoms with Crippen molar-refractivity contribution in [3.05, 3.63) is 34.6 Å². The highest BCUT2D eigenvalue weighted by Gasteiger charge is 2.13. The van der Waals surface area contributed by atoms with E-state index in [0.29, 0.717) is 5.69 Å². The van der Waals surface area contributed by atoms with E-state index in [1.165, 1.54) is 20.0 Å². The van der Waals surface area contributed by atoms with E-state index in [9.17, 15) is 9.59 Å². The molecule has 0 saturated carbocycles. The number of carboxylic acid groups (broad SMARTS) is 1. The molecule has 0 aliphatic rings. The molecule has 0 atom stereocenters. The molecule has 0 spiro atoms. The van der Waals surface area contributed by atoms with Gasteiger partial charge in [-0.25, -0.2) is 9.78 Å². The highest BCUT2D eigenvalue weighted by atomic mass is 35.5. The lowest BCUT2D eigenvalue weighted by molar-refractivity contribution is -0.133. The van der Waals surface area contributed by atoms with Gasteiger partial charge < -0.3 is 10.4 Å². The van der Waals surface area contributed by atoms with Crippen LogP contribution in [0, 0.1) is 0 Å². The second kappa shape index (κ2) is 5.45. The Bertz CT molecular complexity index is 497. The Morgan fingerprint density at radius 1 is 1.35 bits per heavy atom. The van der Waals surface area contributed by atoms with Crippen LogP contribution in [0.1, 0.15) is 13.8 Å². The van der Waals surface area contributed by atoms with Gasteiger partial charge in [0.25, 0.3) is 5.91 Å². The van der Waals surface area contributed by atoms with Crippen LogP contribution in [0.15, 0.2) is 29.5 Å². The number of nitrogens with one attached hydrogen (secondary N) is 1. The molecule has 0 aromatic carbocycles. The highest BCUT2D eigenvalue weighted by Crippen LogP contribution is 2.18. The van der Waals surface area contributed by atoms with Gasteiger partial charge >= 0.3 is 5.97 Å². The van der Waals surface area contributed by atoms with E-state index in [0.717, 1.165) is 0 Å². The predicted molar refractivity (Wildman–Crippen MR) is 63.9 cm³/mol. The van der Waals surface area contributed by atoms with Gasteiger partial charge in [-0.15, -0.1) is 0 Å². The highest BCUT2D eigenvalue weighted by molar-refractivity contribution is 6.32. The monoisotopic (exact) mass is 254 g/mol. The summed E-state index contributed by atoms with van der Waals surface area (Å²) in [5.74, 6) is -1.64. The molecule has 0 saturated heterocycles. The summed E-state index contributed by atoms with van der Waals surface area (Å²) in [7, 11) is 0. The normalized spacial score (nSPS) is 11.7. The summed E-state index contributed by atoms with van der Waals surface area (Å²) >= 11 is 5.76. The number of aromatic nitrogens is 1. The van der Waals surface area contributed by atoms with Crippen molar-refractivity contribution < 1.29 is 14.7 Å². The number of nitrogens with zero attached hydrogens (tertiary/aromatic N) is 1. The smallest absolute Gasteiger partial charge is 0.331 e. The average molecular weight is 255 g/mol. The summed E-state index contributed by atoms with van der Waals surface area (Å²) < 4.78 is 0. The van der Waals surface area contributed by atoms with Crippen molar-refractivity contribution in [1.29, 1.82) is 0 Å². The lowest BCUT2D eigenvalue weighted by Gasteiger charge is -2.07. The average Bonchev–Trinajstić information content (AvgIpc) is 2.30. The molecule has 0 bridgehead atoms. The molecule has 1 heterocycles. The number of carboxylic acids is 1. The first kappa shape index (κ1) is 13.2. The summed E-state index contributed by atoms with van der Waals surface area (Å²) in [5, 5.41) is 11.4. The van der Waals surface area contributed by atoms with Crippen molar-refractivity contribution in [2.75, 3.05) is 5.32 Å². The first-order valence-corrected chi connectivity index (χ1v) is 5.14. The molecule has 1 amide bonds. The van der Waals surface area contributed by atoms with E-state index < -0.39 is 11.9 Å². The van der Waals surface area contributed by atoms with Crippen LogP contribution in [0.25, 0.3) is 0 Å². The van der Waals surface area contributed by atoms with Gasteiger partial charge in [0.05, 0.1) is 5.69 Å². The third-order valence-electron chi connectivity index (χ3n) is 2.23. The Hall–Kier alpha value is -1.88. The van der Waals surface area contributed by atoms with Crippen molar-refractivity contribution in [3.63, 3.8) is 0 Å². The third-order valence-corrected chi connectivity index (χ3v) is 2.53. The maximum Gasteiger partial charge on any atom is 0.331 e. The number of hydrogen-bond acceptors (Lipinski definition) is 3. The Balaban J connectivity index is 2.91. The van der Waals surface area contributed by atoms with Crippen molar-refractivity contribution in [1.82, 2.24) is 4.98 Å². The summed E-state index contributed by atoms with van der Waals surface area (Å²) in [6, 6.07) is 3.20. The summed E-state index contributed by atoms with van der Waals surface area (Å²) in [6.07, 6.45) is 1.49. The molecule has 0 radical (unpaired) electrons. The molecule has 1 aromatic rings. The minimum Gasteiger partial charge on any atom is -0.478 e. The summed E-state index contributed by atoms with van der Waals surface area (Å²) in [4.78, 5) is 26.2. The predicted octanol–water partition coefficient (Wildman–Crippen LogP) is 2.09. The number of halogens is 1. The molecule has 0 aliphatic carbocycles. The van der Waals surface area contributed by atoms with Gasteiger partial charge in [-0.1, -0.05) is 11.6 Å². The van der Waals surface area contributed by atoms with Crippen LogP contribution in [0.5, 0.6) is 0 Å². The van der Waals surface area contributed by atoms with Gasteiger partial charge in [0, 0.05) is 17.3 Å². The van der Waals surface area contributed by atoms with Crippen molar-refractivity contribution in [2.45, 2.75) is 13.8 Å². The van der Waals surface area contributed by atoms with Gasteiger partial charge in [0.1, 0.15) is 0 Å². The number of aliphatic carboxylic acids is 1. The van der Waals surface area contributed by atoms with E-state index in [2.05, 4.69) is 10.3 Å². The van der Waals surface area contributed by atoms with Crippen molar-refractivity contribution in [3.8, 4) is 0 Å². The zero-order valence-electron chi connectivity index (χ0n) is 9.32. The van der Waals surface area contributed by atoms with Crippen molar-refractivity contribution in [2.24, 2.45) is 0 Å². The molecular formula is C11H11ClN2O3. The summed E-state index contributed by atoms with van der Waals surface area (Å²) in [5.41, 5.74) is 0.455. The number of carbonyl (C=O) groups excluding carboxylic acids is 1. The lowest BCUT2D eigenvalue weighted by atomic mass is 10.1. The second-order valence-corrected chi connectivity index (χ2v) is 3.71. The Labute approximate surface area is 103 Å². The number of amides is 1. The maximum absolute atomic E-state index is 11.7. The van der Waals surface area contributed by atoms with Crippen molar-refractivity contribution >= 4 is 29.2 Å². The van der Waals surface area contributed by atoms with E-state index in [4.69, 9.17) is 16.7 Å². The molecule has 0 fully saturated rings. The van der Waals surface area contributed by atoms with E-state index >= 15 is 0 Å². The SMILES string of the molecule is CC(C(=O)O)=C(C)C(=O)Nc1cccnc1Cl. The van der Waals surface area contributed by atoms with Crippen LogP contribution in [0.4, 0.5) is 5.69 Å². The van der Waals surface area contributed by atoms with E-state index in [1.54, 1.807) is 12.1 Å². The largest absolute Gasteiger partial charge is 0.478 e. The Kier molecular flexibility index (Phi) is 4.23. The molecule has 0 aliphatic heterocycles. The van der Waals surface area contributed by atoms with Gasteiger partial charge in [-0.3, -0.25) is 4.79 Å². The molecule has 0 unspecified atom stereocenters. The fraction of sp³-hybridized carbons (Fsp3) is 0.182. The number of carbonyl (C=O) groups is 2. The van der Waals surface area contributed by atoms with Crippen LogP contribution in [0.2, 0.25) is 5.15 Å². The molecule has 17 heavy (non-hydrogen) atoms. The van der Waals surface area contributed by atoms with Gasteiger partial charge in [-0.2, -0.15) is 0 Å². The number of pyridine rings is 1. The lowest BCUT2D eigenvalue weighted by Crippen LogP contribution is -2.16. The minimum atomic E-state index is -1.13. The van der Waals surface area contributed by atoms with Crippen LogP contribution >= 0.6 is 11.6 Å². The number of rotatable bonds is 3. The Morgan fingerprint density at radius 2 is 2.00 bits per heavy atom. The standard InChI is InChI=1S/C11H11ClN2O3/c1-6(7(2)11(16)17)10(15)14-8-4-3-5-13-9(8)12/h3-5H,1-2H3,(H,14,15)(H,16,17). The number of hydrogen-bond donors (Lipinski definition) is 2. The first-order chi connectivity index (χ1) is 7.93. The zero-order valence-corrected chi connectivity index (χ0v) is 10.1. The second-order valence-electron chi connectivity index (χ2n) is 3.35. The third kappa shape index (κ3) is 3.29. The van der Waals surface area contributed by atoms with Gasteiger partial charge in [-0.05, 0) is 26.0 Å². The molecular weight excluding hydrogens is 244 g/mol. The quantitative estimate of drug-likeness (QED) is 0.639. The fourth-order valence-electron chi connectivity index (χ4n) is 1.03. The fourth-order valence-corrected chi connectivity index (χ4v) is 1.19. The van der Waals surface area contributed by atoms with Crippen LogP contribution in [-0.4, -0.2) is 22.0 Å². The molecule has 6 heteroatoms. The molecule has 2 N–H and O–H groups in total. The molecule has 5 nitrogen and oxygen atoms in total. The molecule has 90 valence electrons. The van der Waals surface area contributed by atoms with E-state index in [1.807, 2.05) is 0 Å². The molecule has 1 aromatic heterocycles. The maximum atomic E-state index is 11.7. The minimum absolute atomic E-state index is 0.0116. The van der Waals surface area contributed by atoms with Gasteiger partial charge in [0.2, 0.25) is 0 Å². The van der Waals surface area contributed by atoms with E-state index in [-0.39, 0.29) is 16.3 Å². The van der Waals surface area contributed by atoms with Crippen LogP contribution < -0.4 is 5.32 Å². The topological polar surface area (TPSA) is 79.3 Å².